The number of methoxy groups -OCH3 is 1. The summed E-state index contributed by atoms with van der Waals surface area (Å²) in [5.41, 5.74) is 3.75. The molecule has 0 aliphatic rings. The zero-order valence-electron chi connectivity index (χ0n) is 17.9. The van der Waals surface area contributed by atoms with Gasteiger partial charge in [0.2, 0.25) is 0 Å². The Morgan fingerprint density at radius 1 is 0.970 bits per heavy atom. The molecule has 0 aliphatic heterocycles. The molecule has 0 saturated carbocycles. The highest BCUT2D eigenvalue weighted by Gasteiger charge is 2.15. The molecule has 0 bridgehead atoms. The van der Waals surface area contributed by atoms with Gasteiger partial charge >= 0.3 is 0 Å². The Hall–Kier alpha value is -4.46. The van der Waals surface area contributed by atoms with E-state index < -0.39 is 0 Å². The van der Waals surface area contributed by atoms with E-state index in [4.69, 9.17) is 4.74 Å². The van der Waals surface area contributed by atoms with Crippen molar-refractivity contribution < 1.29 is 9.53 Å². The van der Waals surface area contributed by atoms with Gasteiger partial charge in [0.05, 0.1) is 43.1 Å². The van der Waals surface area contributed by atoms with Crippen LogP contribution in [0.2, 0.25) is 0 Å². The average Bonchev–Trinajstić information content (AvgIpc) is 3.36. The summed E-state index contributed by atoms with van der Waals surface area (Å²) in [6, 6.07) is 20.1. The Morgan fingerprint density at radius 2 is 1.88 bits per heavy atom. The molecule has 3 aromatic heterocycles. The molecule has 8 heteroatoms. The predicted molar refractivity (Wildman–Crippen MR) is 124 cm³/mol. The van der Waals surface area contributed by atoms with Crippen molar-refractivity contribution in [2.45, 2.75) is 13.1 Å². The number of carbonyl (C=O) groups is 1. The van der Waals surface area contributed by atoms with Gasteiger partial charge in [0.1, 0.15) is 11.3 Å². The van der Waals surface area contributed by atoms with Crippen molar-refractivity contribution in [1.29, 1.82) is 0 Å². The third-order valence-electron chi connectivity index (χ3n) is 5.49. The summed E-state index contributed by atoms with van der Waals surface area (Å²) in [6.07, 6.45) is 3.28. The molecule has 8 nitrogen and oxygen atoms in total. The molecule has 2 aromatic carbocycles. The molecule has 33 heavy (non-hydrogen) atoms. The van der Waals surface area contributed by atoms with Gasteiger partial charge in [-0.05, 0) is 54.1 Å². The van der Waals surface area contributed by atoms with Crippen LogP contribution in [0, 0.1) is 0 Å². The van der Waals surface area contributed by atoms with Crippen LogP contribution in [-0.4, -0.2) is 32.2 Å². The first-order chi connectivity index (χ1) is 16.1. The van der Waals surface area contributed by atoms with Crippen molar-refractivity contribution in [3.8, 4) is 5.75 Å². The van der Waals surface area contributed by atoms with Crippen molar-refractivity contribution in [1.82, 2.24) is 24.5 Å². The Kier molecular flexibility index (Phi) is 5.32. The highest BCUT2D eigenvalue weighted by Crippen LogP contribution is 2.19. The lowest BCUT2D eigenvalue weighted by atomic mass is 10.1. The maximum Gasteiger partial charge on any atom is 0.277 e. The second-order valence-electron chi connectivity index (χ2n) is 7.58. The summed E-state index contributed by atoms with van der Waals surface area (Å²) < 4.78 is 8.59. The number of nitrogens with one attached hydrogen (secondary N) is 1. The van der Waals surface area contributed by atoms with Gasteiger partial charge in [-0.2, -0.15) is 5.10 Å². The van der Waals surface area contributed by atoms with Crippen LogP contribution in [0.4, 0.5) is 0 Å². The summed E-state index contributed by atoms with van der Waals surface area (Å²) in [5.74, 6) is 0.466. The van der Waals surface area contributed by atoms with E-state index in [1.54, 1.807) is 46.8 Å². The summed E-state index contributed by atoms with van der Waals surface area (Å²) in [5, 5.41) is 7.19. The van der Waals surface area contributed by atoms with Crippen molar-refractivity contribution >= 4 is 22.5 Å². The maximum absolute atomic E-state index is 13.3. The SMILES string of the molecule is COc1cccc(Cn2c(=O)c3ccnn3c3ccc(C(=O)NCc4ccccn4)cc32)c1. The van der Waals surface area contributed by atoms with Crippen LogP contribution in [-0.2, 0) is 13.1 Å². The highest BCUT2D eigenvalue weighted by molar-refractivity contribution is 5.97. The summed E-state index contributed by atoms with van der Waals surface area (Å²) in [6.45, 7) is 0.639. The second-order valence-corrected chi connectivity index (χ2v) is 7.58. The molecule has 0 atom stereocenters. The van der Waals surface area contributed by atoms with E-state index in [0.717, 1.165) is 16.8 Å². The molecule has 0 saturated heterocycles. The first-order valence-electron chi connectivity index (χ1n) is 10.5. The van der Waals surface area contributed by atoms with E-state index in [2.05, 4.69) is 15.4 Å². The Balaban J connectivity index is 1.57. The minimum absolute atomic E-state index is 0.186. The van der Waals surface area contributed by atoms with Crippen LogP contribution in [0.5, 0.6) is 5.75 Å². The van der Waals surface area contributed by atoms with Crippen LogP contribution < -0.4 is 15.6 Å². The standard InChI is InChI=1S/C25H21N5O3/c1-33-20-7-4-5-17(13-20)16-29-23-14-18(24(31)27-15-19-6-2-3-11-26-19)8-9-21(23)30-22(25(29)32)10-12-28-30/h2-14H,15-16H2,1H3,(H,27,31). The van der Waals surface area contributed by atoms with Gasteiger partial charge in [0, 0.05) is 11.8 Å². The molecule has 0 aliphatic carbocycles. The number of nitrogens with zero attached hydrogens (tertiary/aromatic N) is 4. The molecule has 1 N–H and O–H groups in total. The van der Waals surface area contributed by atoms with Crippen molar-refractivity contribution in [2.24, 2.45) is 0 Å². The lowest BCUT2D eigenvalue weighted by molar-refractivity contribution is 0.0950. The molecule has 1 amide bonds. The van der Waals surface area contributed by atoms with Crippen LogP contribution in [0.25, 0.3) is 16.6 Å². The summed E-state index contributed by atoms with van der Waals surface area (Å²) in [7, 11) is 1.61. The lowest BCUT2D eigenvalue weighted by Crippen LogP contribution is -2.25. The van der Waals surface area contributed by atoms with Gasteiger partial charge in [0.25, 0.3) is 11.5 Å². The smallest absolute Gasteiger partial charge is 0.277 e. The molecule has 5 aromatic rings. The molecule has 0 radical (unpaired) electrons. The number of ether oxygens (including phenoxy) is 1. The number of rotatable bonds is 6. The van der Waals surface area contributed by atoms with Crippen molar-refractivity contribution in [2.75, 3.05) is 7.11 Å². The third kappa shape index (κ3) is 3.94. The molecule has 3 heterocycles. The predicted octanol–water partition coefficient (Wildman–Crippen LogP) is 3.03. The van der Waals surface area contributed by atoms with Gasteiger partial charge in [-0.3, -0.25) is 14.6 Å². The summed E-state index contributed by atoms with van der Waals surface area (Å²) >= 11 is 0. The number of carbonyl (C=O) groups excluding carboxylic acids is 1. The normalized spacial score (nSPS) is 11.1. The van der Waals surface area contributed by atoms with E-state index in [9.17, 15) is 9.59 Å². The fourth-order valence-electron chi connectivity index (χ4n) is 3.85. The van der Waals surface area contributed by atoms with E-state index in [1.807, 2.05) is 48.5 Å². The zero-order chi connectivity index (χ0) is 22.8. The van der Waals surface area contributed by atoms with Gasteiger partial charge < -0.3 is 14.6 Å². The Morgan fingerprint density at radius 3 is 2.70 bits per heavy atom. The average molecular weight is 439 g/mol. The van der Waals surface area contributed by atoms with Gasteiger partial charge in [-0.15, -0.1) is 0 Å². The van der Waals surface area contributed by atoms with E-state index in [-0.39, 0.29) is 11.5 Å². The fourth-order valence-corrected chi connectivity index (χ4v) is 3.85. The summed E-state index contributed by atoms with van der Waals surface area (Å²) in [4.78, 5) is 30.4. The largest absolute Gasteiger partial charge is 0.497 e. The number of benzene rings is 2. The molecule has 0 fully saturated rings. The van der Waals surface area contributed by atoms with Gasteiger partial charge in [-0.25, -0.2) is 4.52 Å². The van der Waals surface area contributed by atoms with Crippen LogP contribution in [0.15, 0.2) is 83.9 Å². The highest BCUT2D eigenvalue weighted by atomic mass is 16.5. The quantitative estimate of drug-likeness (QED) is 0.439. The molecule has 0 unspecified atom stereocenters. The number of fused-ring (bicyclic) bond motifs is 3. The lowest BCUT2D eigenvalue weighted by Gasteiger charge is -2.14. The Labute approximate surface area is 189 Å². The minimum Gasteiger partial charge on any atom is -0.497 e. The van der Waals surface area contributed by atoms with E-state index in [0.29, 0.717) is 35.4 Å². The molecule has 0 spiro atoms. The molecular weight excluding hydrogens is 418 g/mol. The van der Waals surface area contributed by atoms with E-state index in [1.165, 1.54) is 0 Å². The number of pyridine rings is 1. The minimum atomic E-state index is -0.247. The van der Waals surface area contributed by atoms with Gasteiger partial charge in [0.15, 0.2) is 0 Å². The number of amides is 1. The van der Waals surface area contributed by atoms with E-state index >= 15 is 0 Å². The zero-order valence-corrected chi connectivity index (χ0v) is 17.9. The van der Waals surface area contributed by atoms with Crippen LogP contribution >= 0.6 is 0 Å². The number of hydrogen-bond acceptors (Lipinski definition) is 5. The number of aromatic nitrogens is 4. The van der Waals surface area contributed by atoms with Gasteiger partial charge in [-0.1, -0.05) is 18.2 Å². The fraction of sp³-hybridized carbons (Fsp3) is 0.120. The topological polar surface area (TPSA) is 90.5 Å². The second kappa shape index (κ2) is 8.58. The molecule has 164 valence electrons. The molecule has 5 rings (SSSR count). The first-order valence-corrected chi connectivity index (χ1v) is 10.5. The van der Waals surface area contributed by atoms with Crippen molar-refractivity contribution in [3.05, 3.63) is 106 Å². The maximum atomic E-state index is 13.3. The monoisotopic (exact) mass is 439 g/mol. The molecular formula is C25H21N5O3. The third-order valence-corrected chi connectivity index (χ3v) is 5.49. The van der Waals surface area contributed by atoms with Crippen molar-refractivity contribution in [3.63, 3.8) is 0 Å². The van der Waals surface area contributed by atoms with Crippen LogP contribution in [0.3, 0.4) is 0 Å². The number of hydrogen-bond donors (Lipinski definition) is 1. The first kappa shape index (κ1) is 20.4. The van der Waals surface area contributed by atoms with Crippen LogP contribution in [0.1, 0.15) is 21.6 Å². The Bertz CT molecular complexity index is 1520.